The molecular formula is C9H9NS. The van der Waals surface area contributed by atoms with Crippen LogP contribution in [0.15, 0.2) is 35.3 Å². The highest BCUT2D eigenvalue weighted by molar-refractivity contribution is 7.80. The Morgan fingerprint density at radius 3 is 2.55 bits per heavy atom. The van der Waals surface area contributed by atoms with E-state index in [9.17, 15) is 0 Å². The van der Waals surface area contributed by atoms with Gasteiger partial charge in [0.15, 0.2) is 0 Å². The van der Waals surface area contributed by atoms with Crippen LogP contribution in [0.4, 0.5) is 0 Å². The molecule has 0 N–H and O–H groups in total. The molecule has 0 aromatic heterocycles. The molecule has 1 nitrogen and oxygen atoms in total. The SMILES string of the molecule is CC(=S)N=Cc1ccccc1. The van der Waals surface area contributed by atoms with Crippen LogP contribution in [0, 0.1) is 0 Å². The van der Waals surface area contributed by atoms with Crippen molar-refractivity contribution in [3.8, 4) is 0 Å². The molecule has 0 atom stereocenters. The molecule has 2 heteroatoms. The van der Waals surface area contributed by atoms with Gasteiger partial charge in [-0.05, 0) is 12.5 Å². The summed E-state index contributed by atoms with van der Waals surface area (Å²) in [6.45, 7) is 1.80. The van der Waals surface area contributed by atoms with Crippen LogP contribution in [-0.2, 0) is 0 Å². The molecule has 0 radical (unpaired) electrons. The van der Waals surface area contributed by atoms with Gasteiger partial charge in [-0.25, -0.2) is 4.99 Å². The van der Waals surface area contributed by atoms with Gasteiger partial charge in [0, 0.05) is 6.21 Å². The molecule has 0 bridgehead atoms. The molecule has 1 rings (SSSR count). The zero-order valence-corrected chi connectivity index (χ0v) is 7.14. The molecular weight excluding hydrogens is 154 g/mol. The second-order valence-electron chi connectivity index (χ2n) is 2.19. The Balaban J connectivity index is 2.72. The Morgan fingerprint density at radius 2 is 2.00 bits per heavy atom. The summed E-state index contributed by atoms with van der Waals surface area (Å²) in [4.78, 5) is 4.66. The van der Waals surface area contributed by atoms with Gasteiger partial charge in [-0.15, -0.1) is 0 Å². The first-order valence-electron chi connectivity index (χ1n) is 3.39. The first-order chi connectivity index (χ1) is 5.29. The van der Waals surface area contributed by atoms with Crippen LogP contribution < -0.4 is 0 Å². The topological polar surface area (TPSA) is 12.4 Å². The van der Waals surface area contributed by atoms with Crippen LogP contribution in [0.3, 0.4) is 0 Å². The highest BCUT2D eigenvalue weighted by Gasteiger charge is 1.82. The summed E-state index contributed by atoms with van der Waals surface area (Å²) < 4.78 is 0. The minimum absolute atomic E-state index is 0.661. The quantitative estimate of drug-likeness (QED) is 0.457. The fraction of sp³-hybridized carbons (Fsp3) is 0.111. The van der Waals surface area contributed by atoms with Crippen molar-refractivity contribution in [2.45, 2.75) is 6.92 Å². The van der Waals surface area contributed by atoms with Gasteiger partial charge < -0.3 is 0 Å². The van der Waals surface area contributed by atoms with Gasteiger partial charge in [-0.2, -0.15) is 0 Å². The Labute approximate surface area is 71.8 Å². The molecule has 11 heavy (non-hydrogen) atoms. The molecule has 0 spiro atoms. The second-order valence-corrected chi connectivity index (χ2v) is 2.78. The van der Waals surface area contributed by atoms with Crippen LogP contribution in [0.25, 0.3) is 0 Å². The minimum atomic E-state index is 0.661. The fourth-order valence-electron chi connectivity index (χ4n) is 0.705. The summed E-state index contributed by atoms with van der Waals surface area (Å²) in [5.41, 5.74) is 1.08. The predicted molar refractivity (Wildman–Crippen MR) is 52.3 cm³/mol. The summed E-state index contributed by atoms with van der Waals surface area (Å²) in [6, 6.07) is 9.89. The van der Waals surface area contributed by atoms with Crippen molar-refractivity contribution in [1.29, 1.82) is 0 Å². The number of rotatable bonds is 1. The maximum atomic E-state index is 4.80. The first kappa shape index (κ1) is 8.08. The van der Waals surface area contributed by atoms with Crippen molar-refractivity contribution < 1.29 is 0 Å². The van der Waals surface area contributed by atoms with E-state index in [0.717, 1.165) is 5.56 Å². The number of nitrogens with zero attached hydrogens (tertiary/aromatic N) is 1. The molecule has 0 aliphatic heterocycles. The van der Waals surface area contributed by atoms with E-state index in [1.807, 2.05) is 30.3 Å². The standard InChI is InChI=1S/C9H9NS/c1-8(11)10-7-9-5-3-2-4-6-9/h2-7H,1H3. The van der Waals surface area contributed by atoms with Gasteiger partial charge in [0.2, 0.25) is 0 Å². The maximum Gasteiger partial charge on any atom is 0.0998 e. The number of hydrogen-bond acceptors (Lipinski definition) is 1. The Bertz CT molecular complexity index is 264. The third-order valence-corrected chi connectivity index (χ3v) is 1.30. The van der Waals surface area contributed by atoms with E-state index in [1.54, 1.807) is 13.1 Å². The average molecular weight is 163 g/mol. The Hall–Kier alpha value is -1.02. The molecule has 0 aliphatic carbocycles. The molecule has 0 saturated carbocycles. The molecule has 0 heterocycles. The monoisotopic (exact) mass is 163 g/mol. The predicted octanol–water partition coefficient (Wildman–Crippen LogP) is 2.45. The maximum absolute atomic E-state index is 4.80. The smallest absolute Gasteiger partial charge is 0.0998 e. The van der Waals surface area contributed by atoms with Crippen LogP contribution >= 0.6 is 12.2 Å². The average Bonchev–Trinajstić information content (AvgIpc) is 2.03. The molecule has 1 aromatic rings. The van der Waals surface area contributed by atoms with Gasteiger partial charge in [-0.3, -0.25) is 0 Å². The molecule has 56 valence electrons. The van der Waals surface area contributed by atoms with E-state index in [4.69, 9.17) is 12.2 Å². The van der Waals surface area contributed by atoms with E-state index < -0.39 is 0 Å². The van der Waals surface area contributed by atoms with E-state index >= 15 is 0 Å². The largest absolute Gasteiger partial charge is 0.249 e. The van der Waals surface area contributed by atoms with Crippen molar-refractivity contribution in [2.75, 3.05) is 0 Å². The van der Waals surface area contributed by atoms with Gasteiger partial charge in [-0.1, -0.05) is 42.5 Å². The summed E-state index contributed by atoms with van der Waals surface area (Å²) in [5, 5.41) is 0. The van der Waals surface area contributed by atoms with Crippen molar-refractivity contribution in [3.63, 3.8) is 0 Å². The molecule has 0 amide bonds. The van der Waals surface area contributed by atoms with Crippen LogP contribution in [-0.4, -0.2) is 11.2 Å². The van der Waals surface area contributed by atoms with Crippen LogP contribution in [0.5, 0.6) is 0 Å². The van der Waals surface area contributed by atoms with Crippen LogP contribution in [0.2, 0.25) is 0 Å². The number of hydrogen-bond donors (Lipinski definition) is 0. The van der Waals surface area contributed by atoms with E-state index in [-0.39, 0.29) is 0 Å². The second kappa shape index (κ2) is 3.98. The van der Waals surface area contributed by atoms with Crippen LogP contribution in [0.1, 0.15) is 12.5 Å². The zero-order valence-electron chi connectivity index (χ0n) is 6.32. The minimum Gasteiger partial charge on any atom is -0.249 e. The summed E-state index contributed by atoms with van der Waals surface area (Å²) in [6.07, 6.45) is 1.77. The van der Waals surface area contributed by atoms with E-state index in [2.05, 4.69) is 4.99 Å². The fourth-order valence-corrected chi connectivity index (χ4v) is 0.757. The molecule has 1 aromatic carbocycles. The van der Waals surface area contributed by atoms with Gasteiger partial charge in [0.25, 0.3) is 0 Å². The van der Waals surface area contributed by atoms with Crippen molar-refractivity contribution in [2.24, 2.45) is 4.99 Å². The zero-order chi connectivity index (χ0) is 8.10. The molecule has 0 saturated heterocycles. The van der Waals surface area contributed by atoms with Crippen molar-refractivity contribution >= 4 is 23.4 Å². The molecule has 0 unspecified atom stereocenters. The number of benzene rings is 1. The third-order valence-electron chi connectivity index (χ3n) is 1.19. The highest BCUT2D eigenvalue weighted by atomic mass is 32.1. The normalized spacial score (nSPS) is 10.3. The summed E-state index contributed by atoms with van der Waals surface area (Å²) in [7, 11) is 0. The summed E-state index contributed by atoms with van der Waals surface area (Å²) >= 11 is 4.80. The first-order valence-corrected chi connectivity index (χ1v) is 3.79. The lowest BCUT2D eigenvalue weighted by atomic mass is 10.2. The summed E-state index contributed by atoms with van der Waals surface area (Å²) in [5.74, 6) is 0. The Kier molecular flexibility index (Phi) is 2.93. The third kappa shape index (κ3) is 3.05. The van der Waals surface area contributed by atoms with Crippen molar-refractivity contribution in [1.82, 2.24) is 0 Å². The van der Waals surface area contributed by atoms with E-state index in [0.29, 0.717) is 4.99 Å². The van der Waals surface area contributed by atoms with Gasteiger partial charge in [0.05, 0.1) is 4.99 Å². The lowest BCUT2D eigenvalue weighted by molar-refractivity contribution is 1.64. The van der Waals surface area contributed by atoms with E-state index in [1.165, 1.54) is 0 Å². The molecule has 0 fully saturated rings. The number of aliphatic imine (C=N–C) groups is 1. The lowest BCUT2D eigenvalue weighted by Crippen LogP contribution is -1.83. The molecule has 0 aliphatic rings. The van der Waals surface area contributed by atoms with Gasteiger partial charge >= 0.3 is 0 Å². The Morgan fingerprint density at radius 1 is 1.36 bits per heavy atom. The van der Waals surface area contributed by atoms with Gasteiger partial charge in [0.1, 0.15) is 0 Å². The lowest BCUT2D eigenvalue weighted by Gasteiger charge is -1.88. The van der Waals surface area contributed by atoms with Crippen molar-refractivity contribution in [3.05, 3.63) is 35.9 Å². The highest BCUT2D eigenvalue weighted by Crippen LogP contribution is 1.93. The number of thiocarbonyl (C=S) groups is 1.